The number of halogens is 2. The number of aromatic hydroxyl groups is 1. The topological polar surface area (TPSA) is 32.3 Å². The monoisotopic (exact) mass is 213 g/mol. The Morgan fingerprint density at radius 1 is 1.40 bits per heavy atom. The first kappa shape index (κ1) is 10.4. The molecule has 2 nitrogen and oxygen atoms in total. The number of alkyl halides is 2. The molecule has 0 unspecified atom stereocenters. The first-order chi connectivity index (χ1) is 7.08. The molecule has 0 saturated carbocycles. The normalized spacial score (nSPS) is 17.5. The van der Waals surface area contributed by atoms with Gasteiger partial charge in [-0.25, -0.2) is 8.78 Å². The van der Waals surface area contributed by atoms with E-state index >= 15 is 0 Å². The summed E-state index contributed by atoms with van der Waals surface area (Å²) in [6, 6.07) is 5.32. The fraction of sp³-hybridized carbons (Fsp3) is 0.455. The molecule has 4 heteroatoms. The Bertz CT molecular complexity index is 350. The van der Waals surface area contributed by atoms with E-state index in [1.165, 1.54) is 18.2 Å². The van der Waals surface area contributed by atoms with Crippen LogP contribution in [0.5, 0.6) is 5.75 Å². The summed E-state index contributed by atoms with van der Waals surface area (Å²) >= 11 is 0. The van der Waals surface area contributed by atoms with Crippen molar-refractivity contribution in [3.05, 3.63) is 29.8 Å². The van der Waals surface area contributed by atoms with Crippen LogP contribution in [0.2, 0.25) is 0 Å². The summed E-state index contributed by atoms with van der Waals surface area (Å²) in [7, 11) is 0. The van der Waals surface area contributed by atoms with Crippen LogP contribution in [0.4, 0.5) is 8.78 Å². The van der Waals surface area contributed by atoms with Crippen molar-refractivity contribution in [1.29, 1.82) is 0 Å². The average Bonchev–Trinajstić information content (AvgIpc) is 2.12. The zero-order chi connectivity index (χ0) is 10.9. The summed E-state index contributed by atoms with van der Waals surface area (Å²) in [5, 5.41) is 12.1. The molecule has 1 aliphatic heterocycles. The van der Waals surface area contributed by atoms with Crippen LogP contribution in [0.15, 0.2) is 24.3 Å². The Balaban J connectivity index is 2.12. The molecule has 1 aromatic rings. The van der Waals surface area contributed by atoms with Crippen molar-refractivity contribution in [3.63, 3.8) is 0 Å². The van der Waals surface area contributed by atoms with Crippen molar-refractivity contribution in [2.75, 3.05) is 13.1 Å². The molecular weight excluding hydrogens is 200 g/mol. The molecule has 2 rings (SSSR count). The van der Waals surface area contributed by atoms with E-state index < -0.39 is 5.92 Å². The van der Waals surface area contributed by atoms with Gasteiger partial charge in [0.1, 0.15) is 5.75 Å². The van der Waals surface area contributed by atoms with E-state index in [1.807, 2.05) is 0 Å². The minimum absolute atomic E-state index is 0.0438. The smallest absolute Gasteiger partial charge is 0.273 e. The highest BCUT2D eigenvalue weighted by Crippen LogP contribution is 2.36. The van der Waals surface area contributed by atoms with E-state index in [9.17, 15) is 8.78 Å². The summed E-state index contributed by atoms with van der Waals surface area (Å²) in [4.78, 5) is 0. The molecular formula is C11H13F2NO. The predicted molar refractivity (Wildman–Crippen MR) is 53.0 cm³/mol. The summed E-state index contributed by atoms with van der Waals surface area (Å²) in [5.74, 6) is -2.91. The lowest BCUT2D eigenvalue weighted by atomic mass is 9.92. The van der Waals surface area contributed by atoms with E-state index in [0.717, 1.165) is 6.07 Å². The highest BCUT2D eigenvalue weighted by atomic mass is 19.3. The number of rotatable bonds is 3. The number of phenolic OH excluding ortho intramolecular Hbond substituents is 1. The molecule has 1 heterocycles. The van der Waals surface area contributed by atoms with Crippen LogP contribution in [-0.4, -0.2) is 18.2 Å². The third-order valence-corrected chi connectivity index (χ3v) is 2.68. The van der Waals surface area contributed by atoms with Crippen LogP contribution >= 0.6 is 0 Å². The highest BCUT2D eigenvalue weighted by molar-refractivity contribution is 5.30. The Hall–Kier alpha value is -1.16. The van der Waals surface area contributed by atoms with E-state index in [4.69, 9.17) is 5.11 Å². The van der Waals surface area contributed by atoms with Gasteiger partial charge in [-0.15, -0.1) is 0 Å². The molecule has 1 saturated heterocycles. The molecule has 0 bridgehead atoms. The van der Waals surface area contributed by atoms with Gasteiger partial charge in [0.2, 0.25) is 0 Å². The number of hydrogen-bond acceptors (Lipinski definition) is 2. The standard InChI is InChI=1S/C11H13F2NO/c12-11(13,5-8-6-14-7-8)9-2-1-3-10(15)4-9/h1-4,8,14-15H,5-7H2. The summed E-state index contributed by atoms with van der Waals surface area (Å²) in [6.07, 6.45) is -0.149. The lowest BCUT2D eigenvalue weighted by molar-refractivity contribution is -0.0357. The van der Waals surface area contributed by atoms with Gasteiger partial charge in [-0.05, 0) is 31.1 Å². The third kappa shape index (κ3) is 2.26. The minimum Gasteiger partial charge on any atom is -0.508 e. The second-order valence-corrected chi connectivity index (χ2v) is 3.98. The van der Waals surface area contributed by atoms with Gasteiger partial charge in [0.05, 0.1) is 0 Å². The maximum absolute atomic E-state index is 13.7. The minimum atomic E-state index is -2.84. The maximum atomic E-state index is 13.7. The van der Waals surface area contributed by atoms with Crippen LogP contribution in [0.1, 0.15) is 12.0 Å². The molecule has 0 atom stereocenters. The SMILES string of the molecule is Oc1cccc(C(F)(F)CC2CNC2)c1. The molecule has 0 aromatic heterocycles. The second-order valence-electron chi connectivity index (χ2n) is 3.98. The van der Waals surface area contributed by atoms with Crippen LogP contribution in [-0.2, 0) is 5.92 Å². The van der Waals surface area contributed by atoms with Crippen LogP contribution in [0, 0.1) is 5.92 Å². The average molecular weight is 213 g/mol. The first-order valence-electron chi connectivity index (χ1n) is 4.96. The van der Waals surface area contributed by atoms with Gasteiger partial charge in [0.15, 0.2) is 0 Å². The lowest BCUT2D eigenvalue weighted by Crippen LogP contribution is -2.44. The summed E-state index contributed by atoms with van der Waals surface area (Å²) in [5.41, 5.74) is -0.102. The van der Waals surface area contributed by atoms with Crippen molar-refractivity contribution in [1.82, 2.24) is 5.32 Å². The molecule has 1 aromatic carbocycles. The van der Waals surface area contributed by atoms with Crippen molar-refractivity contribution in [2.45, 2.75) is 12.3 Å². The molecule has 15 heavy (non-hydrogen) atoms. The molecule has 2 N–H and O–H groups in total. The zero-order valence-electron chi connectivity index (χ0n) is 8.21. The van der Waals surface area contributed by atoms with Gasteiger partial charge in [-0.2, -0.15) is 0 Å². The molecule has 0 spiro atoms. The quantitative estimate of drug-likeness (QED) is 0.805. The summed E-state index contributed by atoms with van der Waals surface area (Å²) in [6.45, 7) is 1.32. The number of hydrogen-bond donors (Lipinski definition) is 2. The van der Waals surface area contributed by atoms with Gasteiger partial charge in [0.25, 0.3) is 5.92 Å². The number of benzene rings is 1. The molecule has 0 amide bonds. The Morgan fingerprint density at radius 2 is 2.13 bits per heavy atom. The van der Waals surface area contributed by atoms with Crippen LogP contribution < -0.4 is 5.32 Å². The van der Waals surface area contributed by atoms with E-state index in [0.29, 0.717) is 13.1 Å². The Labute approximate surface area is 86.9 Å². The Kier molecular flexibility index (Phi) is 2.61. The molecule has 0 radical (unpaired) electrons. The fourth-order valence-electron chi connectivity index (χ4n) is 1.71. The van der Waals surface area contributed by atoms with Crippen LogP contribution in [0.25, 0.3) is 0 Å². The van der Waals surface area contributed by atoms with Crippen molar-refractivity contribution in [2.24, 2.45) is 5.92 Å². The fourth-order valence-corrected chi connectivity index (χ4v) is 1.71. The predicted octanol–water partition coefficient (Wildman–Crippen LogP) is 2.09. The van der Waals surface area contributed by atoms with Gasteiger partial charge >= 0.3 is 0 Å². The van der Waals surface area contributed by atoms with Crippen molar-refractivity contribution in [3.8, 4) is 5.75 Å². The van der Waals surface area contributed by atoms with Gasteiger partial charge in [0, 0.05) is 12.0 Å². The second kappa shape index (κ2) is 3.77. The van der Waals surface area contributed by atoms with Crippen molar-refractivity contribution < 1.29 is 13.9 Å². The number of nitrogens with one attached hydrogen (secondary N) is 1. The zero-order valence-corrected chi connectivity index (χ0v) is 8.21. The third-order valence-electron chi connectivity index (χ3n) is 2.68. The lowest BCUT2D eigenvalue weighted by Gasteiger charge is -2.30. The molecule has 0 aliphatic carbocycles. The highest BCUT2D eigenvalue weighted by Gasteiger charge is 2.36. The van der Waals surface area contributed by atoms with E-state index in [-0.39, 0.29) is 23.7 Å². The number of phenols is 1. The summed E-state index contributed by atoms with van der Waals surface area (Å²) < 4.78 is 27.3. The van der Waals surface area contributed by atoms with Crippen LogP contribution in [0.3, 0.4) is 0 Å². The molecule has 82 valence electrons. The van der Waals surface area contributed by atoms with Gasteiger partial charge in [-0.1, -0.05) is 12.1 Å². The van der Waals surface area contributed by atoms with E-state index in [2.05, 4.69) is 5.32 Å². The van der Waals surface area contributed by atoms with Gasteiger partial charge in [-0.3, -0.25) is 0 Å². The first-order valence-corrected chi connectivity index (χ1v) is 4.96. The maximum Gasteiger partial charge on any atom is 0.273 e. The van der Waals surface area contributed by atoms with Crippen molar-refractivity contribution >= 4 is 0 Å². The largest absolute Gasteiger partial charge is 0.508 e. The van der Waals surface area contributed by atoms with E-state index in [1.54, 1.807) is 0 Å². The van der Waals surface area contributed by atoms with Gasteiger partial charge < -0.3 is 10.4 Å². The Morgan fingerprint density at radius 3 is 2.67 bits per heavy atom. The molecule has 1 fully saturated rings. The molecule has 1 aliphatic rings.